The van der Waals surface area contributed by atoms with Crippen LogP contribution in [0.1, 0.15) is 28.5 Å². The van der Waals surface area contributed by atoms with Crippen LogP contribution < -0.4 is 5.32 Å². The van der Waals surface area contributed by atoms with Crippen molar-refractivity contribution in [3.8, 4) is 0 Å². The van der Waals surface area contributed by atoms with Crippen molar-refractivity contribution in [3.05, 3.63) is 54.0 Å². The Kier molecular flexibility index (Phi) is 3.71. The van der Waals surface area contributed by atoms with Gasteiger partial charge in [0.15, 0.2) is 0 Å². The minimum atomic E-state index is -0.130. The van der Waals surface area contributed by atoms with Gasteiger partial charge >= 0.3 is 0 Å². The fourth-order valence-corrected chi connectivity index (χ4v) is 2.55. The molecule has 1 aliphatic carbocycles. The fourth-order valence-electron chi connectivity index (χ4n) is 2.55. The molecule has 2 atom stereocenters. The van der Waals surface area contributed by atoms with Gasteiger partial charge in [-0.15, -0.1) is 0 Å². The summed E-state index contributed by atoms with van der Waals surface area (Å²) in [6, 6.07) is 10.8. The number of hydrogen-bond acceptors (Lipinski definition) is 3. The minimum Gasteiger partial charge on any atom is -0.469 e. The lowest BCUT2D eigenvalue weighted by atomic mass is 10.1. The SMILES string of the molecule is CN(C)C(=O)c1ccccc1NC(=O)C1CC1c1ccco1. The summed E-state index contributed by atoms with van der Waals surface area (Å²) in [6.45, 7) is 0. The van der Waals surface area contributed by atoms with Crippen molar-refractivity contribution in [2.75, 3.05) is 19.4 Å². The van der Waals surface area contributed by atoms with Crippen molar-refractivity contribution in [3.63, 3.8) is 0 Å². The number of carbonyl (C=O) groups is 2. The van der Waals surface area contributed by atoms with Crippen LogP contribution in [0.15, 0.2) is 47.1 Å². The Morgan fingerprint density at radius 1 is 1.18 bits per heavy atom. The number of hydrogen-bond donors (Lipinski definition) is 1. The van der Waals surface area contributed by atoms with Crippen molar-refractivity contribution in [2.24, 2.45) is 5.92 Å². The molecule has 0 aliphatic heterocycles. The van der Waals surface area contributed by atoms with Gasteiger partial charge in [-0.2, -0.15) is 0 Å². The van der Waals surface area contributed by atoms with Gasteiger partial charge in [0, 0.05) is 25.9 Å². The maximum atomic E-state index is 12.3. The smallest absolute Gasteiger partial charge is 0.255 e. The first-order valence-electron chi connectivity index (χ1n) is 7.23. The molecule has 22 heavy (non-hydrogen) atoms. The molecule has 2 unspecified atom stereocenters. The Bertz CT molecular complexity index is 692. The molecule has 2 aromatic rings. The Balaban J connectivity index is 1.72. The summed E-state index contributed by atoms with van der Waals surface area (Å²) in [6.07, 6.45) is 2.40. The number of nitrogens with zero attached hydrogens (tertiary/aromatic N) is 1. The average Bonchev–Trinajstić information content (AvgIpc) is 3.13. The number of nitrogens with one attached hydrogen (secondary N) is 1. The largest absolute Gasteiger partial charge is 0.469 e. The lowest BCUT2D eigenvalue weighted by molar-refractivity contribution is -0.117. The highest BCUT2D eigenvalue weighted by Gasteiger charge is 2.46. The molecule has 5 heteroatoms. The second kappa shape index (κ2) is 5.67. The summed E-state index contributed by atoms with van der Waals surface area (Å²) in [5, 5.41) is 2.87. The molecule has 0 spiro atoms. The molecule has 1 aliphatic rings. The zero-order chi connectivity index (χ0) is 15.7. The van der Waals surface area contributed by atoms with Gasteiger partial charge in [-0.05, 0) is 30.7 Å². The number of amides is 2. The predicted octanol–water partition coefficient (Wildman–Crippen LogP) is 2.72. The van der Waals surface area contributed by atoms with E-state index >= 15 is 0 Å². The molecule has 1 heterocycles. The van der Waals surface area contributed by atoms with Gasteiger partial charge < -0.3 is 14.6 Å². The number of para-hydroxylation sites is 1. The van der Waals surface area contributed by atoms with E-state index in [1.807, 2.05) is 12.1 Å². The van der Waals surface area contributed by atoms with Crippen LogP contribution in [0.5, 0.6) is 0 Å². The van der Waals surface area contributed by atoms with Crippen LogP contribution >= 0.6 is 0 Å². The van der Waals surface area contributed by atoms with Crippen LogP contribution in [0.25, 0.3) is 0 Å². The normalized spacial score (nSPS) is 19.5. The molecule has 0 radical (unpaired) electrons. The Morgan fingerprint density at radius 2 is 1.95 bits per heavy atom. The minimum absolute atomic E-state index is 0.0691. The quantitative estimate of drug-likeness (QED) is 0.944. The lowest BCUT2D eigenvalue weighted by Crippen LogP contribution is -2.24. The molecule has 1 saturated carbocycles. The Hall–Kier alpha value is -2.56. The van der Waals surface area contributed by atoms with Gasteiger partial charge in [0.1, 0.15) is 5.76 Å². The zero-order valence-electron chi connectivity index (χ0n) is 12.6. The van der Waals surface area contributed by atoms with Crippen LogP contribution in [0.3, 0.4) is 0 Å². The van der Waals surface area contributed by atoms with E-state index in [1.165, 1.54) is 4.90 Å². The van der Waals surface area contributed by atoms with Gasteiger partial charge in [0.2, 0.25) is 5.91 Å². The van der Waals surface area contributed by atoms with E-state index in [2.05, 4.69) is 5.32 Å². The van der Waals surface area contributed by atoms with Crippen molar-refractivity contribution in [1.29, 1.82) is 0 Å². The van der Waals surface area contributed by atoms with E-state index in [-0.39, 0.29) is 23.7 Å². The maximum absolute atomic E-state index is 12.3. The fraction of sp³-hybridized carbons (Fsp3) is 0.294. The molecule has 1 fully saturated rings. The molecule has 3 rings (SSSR count). The molecule has 114 valence electrons. The summed E-state index contributed by atoms with van der Waals surface area (Å²) in [5.74, 6) is 0.702. The van der Waals surface area contributed by atoms with Gasteiger partial charge in [-0.25, -0.2) is 0 Å². The zero-order valence-corrected chi connectivity index (χ0v) is 12.6. The summed E-state index contributed by atoms with van der Waals surface area (Å²) < 4.78 is 5.34. The van der Waals surface area contributed by atoms with E-state index in [9.17, 15) is 9.59 Å². The third kappa shape index (κ3) is 2.74. The van der Waals surface area contributed by atoms with E-state index < -0.39 is 0 Å². The number of rotatable bonds is 4. The summed E-state index contributed by atoms with van der Waals surface area (Å²) in [5.41, 5.74) is 1.05. The van der Waals surface area contributed by atoms with Crippen LogP contribution in [-0.4, -0.2) is 30.8 Å². The predicted molar refractivity (Wildman–Crippen MR) is 82.6 cm³/mol. The highest BCUT2D eigenvalue weighted by molar-refractivity contribution is 6.04. The van der Waals surface area contributed by atoms with Gasteiger partial charge in [-0.3, -0.25) is 9.59 Å². The highest BCUT2D eigenvalue weighted by Crippen LogP contribution is 2.48. The molecule has 1 N–H and O–H groups in total. The van der Waals surface area contributed by atoms with Crippen LogP contribution in [-0.2, 0) is 4.79 Å². The van der Waals surface area contributed by atoms with Crippen molar-refractivity contribution >= 4 is 17.5 Å². The lowest BCUT2D eigenvalue weighted by Gasteiger charge is -2.14. The molecule has 0 bridgehead atoms. The number of carbonyl (C=O) groups excluding carboxylic acids is 2. The molecule has 0 saturated heterocycles. The topological polar surface area (TPSA) is 62.6 Å². The maximum Gasteiger partial charge on any atom is 0.255 e. The van der Waals surface area contributed by atoms with E-state index in [4.69, 9.17) is 4.42 Å². The van der Waals surface area contributed by atoms with Crippen LogP contribution in [0, 0.1) is 5.92 Å². The molecule has 5 nitrogen and oxygen atoms in total. The highest BCUT2D eigenvalue weighted by atomic mass is 16.3. The van der Waals surface area contributed by atoms with Gasteiger partial charge in [-0.1, -0.05) is 12.1 Å². The Morgan fingerprint density at radius 3 is 2.64 bits per heavy atom. The van der Waals surface area contributed by atoms with E-state index in [0.717, 1.165) is 12.2 Å². The van der Waals surface area contributed by atoms with E-state index in [0.29, 0.717) is 11.3 Å². The first-order valence-corrected chi connectivity index (χ1v) is 7.23. The first-order chi connectivity index (χ1) is 10.6. The van der Waals surface area contributed by atoms with Crippen LogP contribution in [0.4, 0.5) is 5.69 Å². The monoisotopic (exact) mass is 298 g/mol. The molecule has 1 aromatic heterocycles. The van der Waals surface area contributed by atoms with Gasteiger partial charge in [0.25, 0.3) is 5.91 Å². The molecular weight excluding hydrogens is 280 g/mol. The average molecular weight is 298 g/mol. The van der Waals surface area contributed by atoms with E-state index in [1.54, 1.807) is 44.6 Å². The first kappa shape index (κ1) is 14.4. The molecule has 1 aromatic carbocycles. The summed E-state index contributed by atoms with van der Waals surface area (Å²) in [7, 11) is 3.38. The van der Waals surface area contributed by atoms with Crippen molar-refractivity contribution in [2.45, 2.75) is 12.3 Å². The van der Waals surface area contributed by atoms with Crippen molar-refractivity contribution in [1.82, 2.24) is 4.90 Å². The number of furan rings is 1. The molecule has 2 amide bonds. The third-order valence-electron chi connectivity index (χ3n) is 3.86. The van der Waals surface area contributed by atoms with Gasteiger partial charge in [0.05, 0.1) is 17.5 Å². The standard InChI is InChI=1S/C17H18N2O3/c1-19(2)17(21)11-6-3-4-7-14(11)18-16(20)13-10-12(13)15-8-5-9-22-15/h3-9,12-13H,10H2,1-2H3,(H,18,20). The third-order valence-corrected chi connectivity index (χ3v) is 3.86. The molecular formula is C17H18N2O3. The van der Waals surface area contributed by atoms with Crippen LogP contribution in [0.2, 0.25) is 0 Å². The number of benzene rings is 1. The summed E-state index contributed by atoms with van der Waals surface area (Å²) in [4.78, 5) is 26.0. The second-order valence-electron chi connectivity index (χ2n) is 5.70. The summed E-state index contributed by atoms with van der Waals surface area (Å²) >= 11 is 0. The number of anilines is 1. The Labute approximate surface area is 128 Å². The van der Waals surface area contributed by atoms with Crippen molar-refractivity contribution < 1.29 is 14.0 Å². The second-order valence-corrected chi connectivity index (χ2v) is 5.70.